The first-order valence-corrected chi connectivity index (χ1v) is 8.76. The Kier molecular flexibility index (Phi) is 2.66. The highest BCUT2D eigenvalue weighted by atomic mass is 79.9. The zero-order valence-corrected chi connectivity index (χ0v) is 15.2. The minimum Gasteiger partial charge on any atom is -0.315 e. The highest BCUT2D eigenvalue weighted by Gasteiger charge is 2.55. The predicted octanol–water partition coefficient (Wildman–Crippen LogP) is 3.50. The molecule has 1 aromatic heterocycles. The molecule has 3 aromatic rings. The van der Waals surface area contributed by atoms with Gasteiger partial charge in [0.25, 0.3) is 5.91 Å². The SMILES string of the molecule is Cc1cc2cccc3c2n1C(=O)NC31C(=O)N(C)c2cc(Br)ccc21. The van der Waals surface area contributed by atoms with E-state index in [0.717, 1.165) is 37.9 Å². The summed E-state index contributed by atoms with van der Waals surface area (Å²) in [6.45, 7) is 1.90. The van der Waals surface area contributed by atoms with E-state index in [1.165, 1.54) is 0 Å². The van der Waals surface area contributed by atoms with Gasteiger partial charge in [0, 0.05) is 33.7 Å². The number of para-hydroxylation sites is 1. The van der Waals surface area contributed by atoms with E-state index in [0.29, 0.717) is 0 Å². The molecule has 1 atom stereocenters. The first-order valence-electron chi connectivity index (χ1n) is 7.97. The van der Waals surface area contributed by atoms with Crippen LogP contribution in [0.15, 0.2) is 46.9 Å². The lowest BCUT2D eigenvalue weighted by Gasteiger charge is -2.35. The number of amides is 2. The van der Waals surface area contributed by atoms with Gasteiger partial charge in [0.2, 0.25) is 0 Å². The van der Waals surface area contributed by atoms with Crippen molar-refractivity contribution in [3.8, 4) is 0 Å². The van der Waals surface area contributed by atoms with Gasteiger partial charge < -0.3 is 10.2 Å². The second kappa shape index (κ2) is 4.52. The standard InChI is InChI=1S/C19H14BrN3O2/c1-10-8-11-4-3-5-14-16(11)23(10)18(25)21-19(14)13-7-6-12(20)9-15(13)22(2)17(19)24/h3-9H,1-2H3,(H,21,25). The van der Waals surface area contributed by atoms with Gasteiger partial charge in [0.05, 0.1) is 11.2 Å². The molecule has 124 valence electrons. The zero-order valence-electron chi connectivity index (χ0n) is 13.6. The van der Waals surface area contributed by atoms with E-state index in [2.05, 4.69) is 21.2 Å². The lowest BCUT2D eigenvalue weighted by atomic mass is 9.82. The molecule has 0 aliphatic carbocycles. The molecule has 0 fully saturated rings. The Balaban J connectivity index is 1.95. The van der Waals surface area contributed by atoms with Crippen molar-refractivity contribution in [2.24, 2.45) is 0 Å². The van der Waals surface area contributed by atoms with Crippen molar-refractivity contribution in [1.29, 1.82) is 0 Å². The second-order valence-corrected chi connectivity index (χ2v) is 7.49. The Morgan fingerprint density at radius 3 is 2.68 bits per heavy atom. The van der Waals surface area contributed by atoms with Crippen molar-refractivity contribution in [2.45, 2.75) is 12.5 Å². The number of carbonyl (C=O) groups excluding carboxylic acids is 2. The maximum atomic E-state index is 13.3. The maximum absolute atomic E-state index is 13.3. The van der Waals surface area contributed by atoms with E-state index in [4.69, 9.17) is 0 Å². The van der Waals surface area contributed by atoms with E-state index in [9.17, 15) is 9.59 Å². The molecular weight excluding hydrogens is 382 g/mol. The van der Waals surface area contributed by atoms with Gasteiger partial charge in [0.15, 0.2) is 5.54 Å². The number of aryl methyl sites for hydroxylation is 1. The van der Waals surface area contributed by atoms with E-state index in [1.807, 2.05) is 49.4 Å². The third kappa shape index (κ3) is 1.58. The van der Waals surface area contributed by atoms with E-state index >= 15 is 0 Å². The number of halogens is 1. The topological polar surface area (TPSA) is 54.3 Å². The van der Waals surface area contributed by atoms with Gasteiger partial charge in [-0.3, -0.25) is 9.36 Å². The number of nitrogens with zero attached hydrogens (tertiary/aromatic N) is 2. The third-order valence-electron chi connectivity index (χ3n) is 5.26. The summed E-state index contributed by atoms with van der Waals surface area (Å²) in [5, 5.41) is 3.97. The molecule has 0 bridgehead atoms. The van der Waals surface area contributed by atoms with Crippen LogP contribution in [-0.4, -0.2) is 23.6 Å². The Morgan fingerprint density at radius 1 is 1.08 bits per heavy atom. The van der Waals surface area contributed by atoms with Crippen LogP contribution >= 0.6 is 15.9 Å². The van der Waals surface area contributed by atoms with Crippen LogP contribution in [0.25, 0.3) is 10.9 Å². The average molecular weight is 396 g/mol. The van der Waals surface area contributed by atoms with Gasteiger partial charge in [-0.25, -0.2) is 4.79 Å². The molecule has 6 heteroatoms. The van der Waals surface area contributed by atoms with Gasteiger partial charge in [-0.1, -0.05) is 40.2 Å². The predicted molar refractivity (Wildman–Crippen MR) is 98.9 cm³/mol. The van der Waals surface area contributed by atoms with Crippen molar-refractivity contribution in [1.82, 2.24) is 9.88 Å². The third-order valence-corrected chi connectivity index (χ3v) is 5.75. The molecule has 2 amide bonds. The number of hydrogen-bond donors (Lipinski definition) is 1. The fourth-order valence-corrected chi connectivity index (χ4v) is 4.55. The lowest BCUT2D eigenvalue weighted by molar-refractivity contribution is -0.122. The summed E-state index contributed by atoms with van der Waals surface area (Å²) in [5.41, 5.74) is 2.89. The van der Waals surface area contributed by atoms with E-state index in [-0.39, 0.29) is 11.9 Å². The van der Waals surface area contributed by atoms with Gasteiger partial charge >= 0.3 is 6.03 Å². The summed E-state index contributed by atoms with van der Waals surface area (Å²) in [5.74, 6) is -0.147. The van der Waals surface area contributed by atoms with Gasteiger partial charge in [-0.05, 0) is 25.1 Å². The molecule has 1 unspecified atom stereocenters. The van der Waals surface area contributed by atoms with Crippen LogP contribution in [-0.2, 0) is 10.3 Å². The fourth-order valence-electron chi connectivity index (χ4n) is 4.20. The second-order valence-electron chi connectivity index (χ2n) is 6.57. The summed E-state index contributed by atoms with van der Waals surface area (Å²) >= 11 is 3.47. The van der Waals surface area contributed by atoms with Crippen LogP contribution in [0.5, 0.6) is 0 Å². The molecule has 0 saturated carbocycles. The summed E-state index contributed by atoms with van der Waals surface area (Å²) < 4.78 is 2.54. The molecule has 0 radical (unpaired) electrons. The largest absolute Gasteiger partial charge is 0.327 e. The molecule has 1 N–H and O–H groups in total. The smallest absolute Gasteiger partial charge is 0.315 e. The molecule has 2 aromatic carbocycles. The Labute approximate surface area is 152 Å². The van der Waals surface area contributed by atoms with Crippen LogP contribution in [0.2, 0.25) is 0 Å². The molecular formula is C19H14BrN3O2. The van der Waals surface area contributed by atoms with E-state index < -0.39 is 5.54 Å². The molecule has 3 heterocycles. The molecule has 25 heavy (non-hydrogen) atoms. The Bertz CT molecular complexity index is 1120. The number of fused-ring (bicyclic) bond motifs is 3. The number of carbonyl (C=O) groups is 2. The number of anilines is 1. The molecule has 2 aliphatic heterocycles. The number of likely N-dealkylation sites (N-methyl/N-ethyl adjacent to an activating group) is 1. The van der Waals surface area contributed by atoms with Crippen LogP contribution in [0.1, 0.15) is 16.8 Å². The van der Waals surface area contributed by atoms with Crippen molar-refractivity contribution >= 4 is 44.5 Å². The first kappa shape index (κ1) is 14.7. The quantitative estimate of drug-likeness (QED) is 0.633. The summed E-state index contributed by atoms with van der Waals surface area (Å²) in [7, 11) is 1.74. The number of rotatable bonds is 0. The Hall–Kier alpha value is -2.60. The minimum absolute atomic E-state index is 0.147. The summed E-state index contributed by atoms with van der Waals surface area (Å²) in [6, 6.07) is 13.3. The van der Waals surface area contributed by atoms with Crippen LogP contribution < -0.4 is 10.2 Å². The highest BCUT2D eigenvalue weighted by molar-refractivity contribution is 9.10. The first-order chi connectivity index (χ1) is 11.9. The van der Waals surface area contributed by atoms with Crippen LogP contribution in [0, 0.1) is 6.92 Å². The summed E-state index contributed by atoms with van der Waals surface area (Å²) in [6.07, 6.45) is 0. The molecule has 1 spiro atoms. The number of aromatic nitrogens is 1. The molecule has 5 rings (SSSR count). The molecule has 2 aliphatic rings. The van der Waals surface area contributed by atoms with Crippen molar-refractivity contribution in [3.05, 3.63) is 63.8 Å². The highest BCUT2D eigenvalue weighted by Crippen LogP contribution is 2.48. The normalized spacial score (nSPS) is 21.2. The summed E-state index contributed by atoms with van der Waals surface area (Å²) in [4.78, 5) is 27.9. The number of nitrogens with one attached hydrogen (secondary N) is 1. The van der Waals surface area contributed by atoms with Gasteiger partial charge in [-0.15, -0.1) is 0 Å². The van der Waals surface area contributed by atoms with Crippen LogP contribution in [0.4, 0.5) is 10.5 Å². The van der Waals surface area contributed by atoms with Crippen molar-refractivity contribution in [2.75, 3.05) is 11.9 Å². The Morgan fingerprint density at radius 2 is 1.88 bits per heavy atom. The number of hydrogen-bond acceptors (Lipinski definition) is 2. The molecule has 5 nitrogen and oxygen atoms in total. The maximum Gasteiger partial charge on any atom is 0.327 e. The van der Waals surface area contributed by atoms with Gasteiger partial charge in [-0.2, -0.15) is 0 Å². The van der Waals surface area contributed by atoms with Gasteiger partial charge in [0.1, 0.15) is 0 Å². The lowest BCUT2D eigenvalue weighted by Crippen LogP contribution is -2.56. The number of benzene rings is 2. The van der Waals surface area contributed by atoms with Crippen molar-refractivity contribution < 1.29 is 9.59 Å². The molecule has 0 saturated heterocycles. The average Bonchev–Trinajstić information content (AvgIpc) is 3.02. The van der Waals surface area contributed by atoms with Crippen LogP contribution in [0.3, 0.4) is 0 Å². The fraction of sp³-hybridized carbons (Fsp3) is 0.158. The minimum atomic E-state index is -1.18. The zero-order chi connectivity index (χ0) is 17.5. The monoisotopic (exact) mass is 395 g/mol. The van der Waals surface area contributed by atoms with Crippen molar-refractivity contribution in [3.63, 3.8) is 0 Å². The van der Waals surface area contributed by atoms with E-state index in [1.54, 1.807) is 16.5 Å².